The van der Waals surface area contributed by atoms with Crippen LogP contribution in [-0.4, -0.2) is 17.1 Å². The molecule has 0 saturated carbocycles. The van der Waals surface area contributed by atoms with E-state index in [1.165, 1.54) is 11.3 Å². The van der Waals surface area contributed by atoms with Gasteiger partial charge in [0, 0.05) is 16.1 Å². The molecular weight excluding hydrogens is 520 g/mol. The molecular formula is C30H25ClN2O4S. The Morgan fingerprint density at radius 2 is 1.76 bits per heavy atom. The van der Waals surface area contributed by atoms with Crippen molar-refractivity contribution in [1.82, 2.24) is 4.57 Å². The van der Waals surface area contributed by atoms with Gasteiger partial charge in [0.2, 0.25) is 0 Å². The van der Waals surface area contributed by atoms with Gasteiger partial charge < -0.3 is 9.47 Å². The van der Waals surface area contributed by atoms with E-state index in [0.29, 0.717) is 38.0 Å². The molecule has 0 bridgehead atoms. The van der Waals surface area contributed by atoms with E-state index in [-0.39, 0.29) is 12.2 Å². The Labute approximate surface area is 228 Å². The highest BCUT2D eigenvalue weighted by Crippen LogP contribution is 2.30. The summed E-state index contributed by atoms with van der Waals surface area (Å²) in [5.74, 6) is 0.149. The van der Waals surface area contributed by atoms with Crippen molar-refractivity contribution >= 4 is 35.0 Å². The lowest BCUT2D eigenvalue weighted by Crippen LogP contribution is -2.39. The lowest BCUT2D eigenvalue weighted by molar-refractivity contribution is -0.139. The molecule has 0 unspecified atom stereocenters. The number of nitrogens with zero attached hydrogens (tertiary/aromatic N) is 2. The van der Waals surface area contributed by atoms with Gasteiger partial charge in [0.25, 0.3) is 5.56 Å². The number of ether oxygens (including phenoxy) is 2. The van der Waals surface area contributed by atoms with Crippen LogP contribution >= 0.6 is 22.9 Å². The van der Waals surface area contributed by atoms with Crippen molar-refractivity contribution in [3.05, 3.63) is 132 Å². The van der Waals surface area contributed by atoms with Crippen LogP contribution in [0.5, 0.6) is 5.75 Å². The summed E-state index contributed by atoms with van der Waals surface area (Å²) < 4.78 is 13.5. The number of hydrogen-bond acceptors (Lipinski definition) is 6. The van der Waals surface area contributed by atoms with E-state index in [1.807, 2.05) is 78.9 Å². The minimum atomic E-state index is -0.639. The standard InChI is InChI=1S/C30H25ClN2O4S/c1-3-36-29(35)26-19(2)32-30-33(27(26)20-11-5-4-6-12-20)28(34)25(38-30)17-21-13-8-10-16-24(21)37-18-22-14-7-9-15-23(22)31/h4-17,27H,3,18H2,1-2H3/b25-17-/t27-/m0/s1. The monoisotopic (exact) mass is 544 g/mol. The van der Waals surface area contributed by atoms with E-state index < -0.39 is 12.0 Å². The van der Waals surface area contributed by atoms with Gasteiger partial charge in [0.05, 0.1) is 28.5 Å². The van der Waals surface area contributed by atoms with Gasteiger partial charge in [-0.25, -0.2) is 9.79 Å². The number of rotatable bonds is 7. The summed E-state index contributed by atoms with van der Waals surface area (Å²) in [4.78, 5) is 32.0. The lowest BCUT2D eigenvalue weighted by Gasteiger charge is -2.24. The maximum absolute atomic E-state index is 13.8. The first-order chi connectivity index (χ1) is 18.5. The van der Waals surface area contributed by atoms with Crippen molar-refractivity contribution in [2.75, 3.05) is 6.61 Å². The molecule has 3 aromatic carbocycles. The number of halogens is 1. The molecule has 38 heavy (non-hydrogen) atoms. The molecule has 1 aliphatic heterocycles. The second-order valence-corrected chi connectivity index (χ2v) is 10.0. The lowest BCUT2D eigenvalue weighted by atomic mass is 9.96. The first-order valence-corrected chi connectivity index (χ1v) is 13.4. The molecule has 6 nitrogen and oxygen atoms in total. The van der Waals surface area contributed by atoms with Crippen LogP contribution in [0.1, 0.15) is 36.6 Å². The number of carbonyl (C=O) groups is 1. The topological polar surface area (TPSA) is 69.9 Å². The molecule has 2 heterocycles. The molecule has 0 radical (unpaired) electrons. The fraction of sp³-hybridized carbons (Fsp3) is 0.167. The first-order valence-electron chi connectivity index (χ1n) is 12.2. The zero-order valence-electron chi connectivity index (χ0n) is 20.9. The van der Waals surface area contributed by atoms with Gasteiger partial charge in [0.1, 0.15) is 12.4 Å². The molecule has 5 rings (SSSR count). The summed E-state index contributed by atoms with van der Waals surface area (Å²) in [6.45, 7) is 4.05. The van der Waals surface area contributed by atoms with Crippen LogP contribution in [0.2, 0.25) is 5.02 Å². The van der Waals surface area contributed by atoms with Crippen molar-refractivity contribution in [3.8, 4) is 5.75 Å². The van der Waals surface area contributed by atoms with Gasteiger partial charge >= 0.3 is 5.97 Å². The van der Waals surface area contributed by atoms with Crippen molar-refractivity contribution in [3.63, 3.8) is 0 Å². The third kappa shape index (κ3) is 5.08. The molecule has 192 valence electrons. The van der Waals surface area contributed by atoms with Gasteiger partial charge in [-0.05, 0) is 37.6 Å². The van der Waals surface area contributed by atoms with E-state index in [0.717, 1.165) is 16.7 Å². The van der Waals surface area contributed by atoms with Crippen molar-refractivity contribution in [2.24, 2.45) is 4.99 Å². The van der Waals surface area contributed by atoms with E-state index in [1.54, 1.807) is 24.5 Å². The summed E-state index contributed by atoms with van der Waals surface area (Å²) in [6.07, 6.45) is 1.80. The fourth-order valence-corrected chi connectivity index (χ4v) is 5.61. The number of esters is 1. The molecule has 0 spiro atoms. The second kappa shape index (κ2) is 11.2. The zero-order chi connectivity index (χ0) is 26.6. The minimum absolute atomic E-state index is 0.229. The highest BCUT2D eigenvalue weighted by molar-refractivity contribution is 7.07. The Kier molecular flexibility index (Phi) is 7.58. The summed E-state index contributed by atoms with van der Waals surface area (Å²) in [5, 5.41) is 0.631. The molecule has 0 saturated heterocycles. The van der Waals surface area contributed by atoms with Crippen LogP contribution in [0, 0.1) is 0 Å². The summed E-state index contributed by atoms with van der Waals surface area (Å²) in [5.41, 5.74) is 3.09. The minimum Gasteiger partial charge on any atom is -0.488 e. The third-order valence-corrected chi connectivity index (χ3v) is 7.53. The molecule has 1 aliphatic rings. The SMILES string of the molecule is CCOC(=O)C1=C(C)N=c2s/c(=C\c3ccccc3OCc3ccccc3Cl)c(=O)n2[C@H]1c1ccccc1. The van der Waals surface area contributed by atoms with Gasteiger partial charge in [-0.15, -0.1) is 0 Å². The number of aromatic nitrogens is 1. The summed E-state index contributed by atoms with van der Waals surface area (Å²) >= 11 is 7.57. The normalized spacial score (nSPS) is 15.1. The van der Waals surface area contributed by atoms with Crippen molar-refractivity contribution < 1.29 is 14.3 Å². The Hall–Kier alpha value is -3.94. The molecule has 0 N–H and O–H groups in total. The second-order valence-electron chi connectivity index (χ2n) is 8.63. The smallest absolute Gasteiger partial charge is 0.338 e. The number of thiazole rings is 1. The Balaban J connectivity index is 1.59. The molecule has 0 amide bonds. The van der Waals surface area contributed by atoms with Gasteiger partial charge in [0.15, 0.2) is 4.80 Å². The molecule has 1 atom stereocenters. The zero-order valence-corrected chi connectivity index (χ0v) is 22.5. The van der Waals surface area contributed by atoms with Crippen LogP contribution in [0.15, 0.2) is 99.9 Å². The van der Waals surface area contributed by atoms with E-state index in [4.69, 9.17) is 21.1 Å². The molecule has 0 fully saturated rings. The van der Waals surface area contributed by atoms with Crippen LogP contribution < -0.4 is 19.6 Å². The highest BCUT2D eigenvalue weighted by atomic mass is 35.5. The summed E-state index contributed by atoms with van der Waals surface area (Å²) in [6, 6.07) is 23.9. The predicted octanol–water partition coefficient (Wildman–Crippen LogP) is 5.03. The summed E-state index contributed by atoms with van der Waals surface area (Å²) in [7, 11) is 0. The molecule has 0 aliphatic carbocycles. The highest BCUT2D eigenvalue weighted by Gasteiger charge is 2.33. The first kappa shape index (κ1) is 25.7. The molecule has 8 heteroatoms. The number of allylic oxidation sites excluding steroid dienone is 1. The van der Waals surface area contributed by atoms with Crippen LogP contribution in [0.4, 0.5) is 0 Å². The maximum Gasteiger partial charge on any atom is 0.338 e. The molecule has 1 aromatic heterocycles. The van der Waals surface area contributed by atoms with E-state index >= 15 is 0 Å². The number of carbonyl (C=O) groups excluding carboxylic acids is 1. The van der Waals surface area contributed by atoms with Gasteiger partial charge in [-0.3, -0.25) is 9.36 Å². The van der Waals surface area contributed by atoms with E-state index in [9.17, 15) is 9.59 Å². The maximum atomic E-state index is 13.8. The Bertz CT molecular complexity index is 1710. The van der Waals surface area contributed by atoms with E-state index in [2.05, 4.69) is 4.99 Å². The third-order valence-electron chi connectivity index (χ3n) is 6.18. The molecule has 4 aromatic rings. The quantitative estimate of drug-likeness (QED) is 0.306. The van der Waals surface area contributed by atoms with Crippen molar-refractivity contribution in [2.45, 2.75) is 26.5 Å². The van der Waals surface area contributed by atoms with Gasteiger partial charge in [-0.1, -0.05) is 89.7 Å². The Morgan fingerprint density at radius 3 is 2.53 bits per heavy atom. The van der Waals surface area contributed by atoms with Gasteiger partial charge in [-0.2, -0.15) is 0 Å². The Morgan fingerprint density at radius 1 is 1.05 bits per heavy atom. The van der Waals surface area contributed by atoms with Crippen LogP contribution in [0.25, 0.3) is 6.08 Å². The largest absolute Gasteiger partial charge is 0.488 e. The number of hydrogen-bond donors (Lipinski definition) is 0. The number of benzene rings is 3. The fourth-order valence-electron chi connectivity index (χ4n) is 4.39. The van der Waals surface area contributed by atoms with Crippen LogP contribution in [0.3, 0.4) is 0 Å². The number of para-hydroxylation sites is 1. The average Bonchev–Trinajstić information content (AvgIpc) is 3.22. The number of fused-ring (bicyclic) bond motifs is 1. The predicted molar refractivity (Wildman–Crippen MR) is 149 cm³/mol. The average molecular weight is 545 g/mol. The van der Waals surface area contributed by atoms with Crippen LogP contribution in [-0.2, 0) is 16.1 Å². The van der Waals surface area contributed by atoms with Crippen molar-refractivity contribution in [1.29, 1.82) is 0 Å².